The van der Waals surface area contributed by atoms with Crippen molar-refractivity contribution < 1.29 is 13.2 Å². The Kier molecular flexibility index (Phi) is 5.27. The average molecular weight is 462 g/mol. The molecule has 1 aliphatic rings. The van der Waals surface area contributed by atoms with Crippen LogP contribution in [0.5, 0.6) is 0 Å². The first kappa shape index (κ1) is 19.2. The summed E-state index contributed by atoms with van der Waals surface area (Å²) in [7, 11) is -3.42. The Balaban J connectivity index is 1.44. The van der Waals surface area contributed by atoms with Gasteiger partial charge in [-0.25, -0.2) is 8.42 Å². The molecule has 0 atom stereocenters. The summed E-state index contributed by atoms with van der Waals surface area (Å²) in [6.07, 6.45) is 1.82. The smallest absolute Gasteiger partial charge is 0.269 e. The predicted molar refractivity (Wildman–Crippen MR) is 112 cm³/mol. The third-order valence-electron chi connectivity index (χ3n) is 4.95. The molecule has 2 aromatic carbocycles. The van der Waals surface area contributed by atoms with Crippen molar-refractivity contribution in [3.63, 3.8) is 0 Å². The Hall–Kier alpha value is -2.16. The van der Waals surface area contributed by atoms with Crippen molar-refractivity contribution in [2.75, 3.05) is 13.1 Å². The first-order valence-electron chi connectivity index (χ1n) is 9.10. The minimum absolute atomic E-state index is 0.225. The molecule has 1 amide bonds. The van der Waals surface area contributed by atoms with E-state index in [4.69, 9.17) is 0 Å². The second-order valence-electron chi connectivity index (χ2n) is 6.80. The van der Waals surface area contributed by atoms with Crippen LogP contribution < -0.4 is 5.32 Å². The topological polar surface area (TPSA) is 82.3 Å². The van der Waals surface area contributed by atoms with Crippen LogP contribution in [0, 0.1) is 0 Å². The molecule has 0 spiro atoms. The lowest BCUT2D eigenvalue weighted by Gasteiger charge is -2.15. The van der Waals surface area contributed by atoms with Gasteiger partial charge in [0.15, 0.2) is 0 Å². The molecule has 0 bridgehead atoms. The van der Waals surface area contributed by atoms with Gasteiger partial charge in [0, 0.05) is 30.5 Å². The molecule has 28 heavy (non-hydrogen) atoms. The maximum atomic E-state index is 12.6. The number of hydrogen-bond acceptors (Lipinski definition) is 3. The molecule has 0 radical (unpaired) electrons. The Labute approximate surface area is 172 Å². The highest BCUT2D eigenvalue weighted by molar-refractivity contribution is 9.10. The van der Waals surface area contributed by atoms with E-state index in [0.29, 0.717) is 30.2 Å². The molecule has 3 aromatic rings. The van der Waals surface area contributed by atoms with Crippen molar-refractivity contribution in [1.82, 2.24) is 14.6 Å². The van der Waals surface area contributed by atoms with E-state index in [-0.39, 0.29) is 5.91 Å². The maximum absolute atomic E-state index is 12.6. The molecule has 1 saturated heterocycles. The number of fused-ring (bicyclic) bond motifs is 1. The van der Waals surface area contributed by atoms with Gasteiger partial charge >= 0.3 is 0 Å². The molecule has 2 heterocycles. The third kappa shape index (κ3) is 3.59. The quantitative estimate of drug-likeness (QED) is 0.608. The fourth-order valence-corrected chi connectivity index (χ4v) is 5.53. The monoisotopic (exact) mass is 461 g/mol. The SMILES string of the molecule is O=C(NCc1ccc(S(=O)(=O)N2CCCC2)cc1)c1[nH]c2ccccc2c1Br. The normalized spacial score (nSPS) is 15.2. The van der Waals surface area contributed by atoms with Crippen LogP contribution in [0.15, 0.2) is 57.9 Å². The van der Waals surface area contributed by atoms with Crippen LogP contribution in [0.4, 0.5) is 0 Å². The number of rotatable bonds is 5. The summed E-state index contributed by atoms with van der Waals surface area (Å²) in [5.41, 5.74) is 2.19. The summed E-state index contributed by atoms with van der Waals surface area (Å²) in [6.45, 7) is 1.48. The number of hydrogen-bond donors (Lipinski definition) is 2. The van der Waals surface area contributed by atoms with E-state index >= 15 is 0 Å². The number of H-pyrrole nitrogens is 1. The van der Waals surface area contributed by atoms with E-state index in [1.165, 1.54) is 4.31 Å². The average Bonchev–Trinajstić information content (AvgIpc) is 3.36. The number of nitrogens with zero attached hydrogens (tertiary/aromatic N) is 1. The number of nitrogens with one attached hydrogen (secondary N) is 2. The second kappa shape index (κ2) is 7.69. The number of amides is 1. The summed E-state index contributed by atoms with van der Waals surface area (Å²) in [5, 5.41) is 3.82. The largest absolute Gasteiger partial charge is 0.350 e. The molecule has 0 unspecified atom stereocenters. The number of sulfonamides is 1. The molecule has 1 fully saturated rings. The Morgan fingerprint density at radius 1 is 1.07 bits per heavy atom. The van der Waals surface area contributed by atoms with Gasteiger partial charge in [-0.05, 0) is 52.5 Å². The highest BCUT2D eigenvalue weighted by Gasteiger charge is 2.26. The predicted octanol–water partition coefficient (Wildman–Crippen LogP) is 3.64. The van der Waals surface area contributed by atoms with Crippen LogP contribution >= 0.6 is 15.9 Å². The van der Waals surface area contributed by atoms with Gasteiger partial charge in [-0.1, -0.05) is 30.3 Å². The molecule has 1 aliphatic heterocycles. The van der Waals surface area contributed by atoms with Gasteiger partial charge in [0.25, 0.3) is 5.91 Å². The molecule has 6 nitrogen and oxygen atoms in total. The number of halogens is 1. The van der Waals surface area contributed by atoms with Gasteiger partial charge in [-0.2, -0.15) is 4.31 Å². The molecule has 4 rings (SSSR count). The van der Waals surface area contributed by atoms with Crippen LogP contribution in [0.1, 0.15) is 28.9 Å². The summed E-state index contributed by atoms with van der Waals surface area (Å²) >= 11 is 3.48. The summed E-state index contributed by atoms with van der Waals surface area (Å²) in [4.78, 5) is 15.9. The number of benzene rings is 2. The van der Waals surface area contributed by atoms with Crippen molar-refractivity contribution >= 4 is 42.8 Å². The zero-order valence-corrected chi connectivity index (χ0v) is 17.5. The zero-order chi connectivity index (χ0) is 19.7. The van der Waals surface area contributed by atoms with Gasteiger partial charge in [-0.15, -0.1) is 0 Å². The standard InChI is InChI=1S/C20H20BrN3O3S/c21-18-16-5-1-2-6-17(16)23-19(18)20(25)22-13-14-7-9-15(10-8-14)28(26,27)24-11-3-4-12-24/h1-2,5-10,23H,3-4,11-13H2,(H,22,25). The van der Waals surface area contributed by atoms with E-state index in [9.17, 15) is 13.2 Å². The van der Waals surface area contributed by atoms with Crippen LogP contribution in [0.2, 0.25) is 0 Å². The first-order valence-corrected chi connectivity index (χ1v) is 11.3. The maximum Gasteiger partial charge on any atom is 0.269 e. The van der Waals surface area contributed by atoms with Crippen LogP contribution in [0.3, 0.4) is 0 Å². The van der Waals surface area contributed by atoms with Crippen molar-refractivity contribution in [1.29, 1.82) is 0 Å². The van der Waals surface area contributed by atoms with Crippen molar-refractivity contribution in [2.24, 2.45) is 0 Å². The van der Waals surface area contributed by atoms with E-state index in [1.54, 1.807) is 24.3 Å². The van der Waals surface area contributed by atoms with E-state index in [2.05, 4.69) is 26.2 Å². The number of aromatic nitrogens is 1. The van der Waals surface area contributed by atoms with Crippen molar-refractivity contribution in [2.45, 2.75) is 24.3 Å². The Morgan fingerprint density at radius 3 is 2.43 bits per heavy atom. The van der Waals surface area contributed by atoms with E-state index in [1.807, 2.05) is 24.3 Å². The van der Waals surface area contributed by atoms with Gasteiger partial charge < -0.3 is 10.3 Å². The van der Waals surface area contributed by atoms with Gasteiger partial charge in [0.2, 0.25) is 10.0 Å². The summed E-state index contributed by atoms with van der Waals surface area (Å²) in [6, 6.07) is 14.4. The van der Waals surface area contributed by atoms with E-state index in [0.717, 1.165) is 33.8 Å². The lowest BCUT2D eigenvalue weighted by molar-refractivity contribution is 0.0946. The molecule has 0 saturated carbocycles. The van der Waals surface area contributed by atoms with Gasteiger partial charge in [0.1, 0.15) is 5.69 Å². The second-order valence-corrected chi connectivity index (χ2v) is 9.53. The molecule has 146 valence electrons. The number of carbonyl (C=O) groups excluding carboxylic acids is 1. The number of aromatic amines is 1. The van der Waals surface area contributed by atoms with Crippen LogP contribution in [-0.2, 0) is 16.6 Å². The fourth-order valence-electron chi connectivity index (χ4n) is 3.39. The summed E-state index contributed by atoms with van der Waals surface area (Å²) < 4.78 is 27.4. The van der Waals surface area contributed by atoms with Gasteiger partial charge in [-0.3, -0.25) is 4.79 Å². The minimum atomic E-state index is -3.42. The Morgan fingerprint density at radius 2 is 1.75 bits per heavy atom. The number of para-hydroxylation sites is 1. The lowest BCUT2D eigenvalue weighted by atomic mass is 10.2. The lowest BCUT2D eigenvalue weighted by Crippen LogP contribution is -2.28. The molecule has 2 N–H and O–H groups in total. The highest BCUT2D eigenvalue weighted by Crippen LogP contribution is 2.27. The first-order chi connectivity index (χ1) is 13.5. The molecule has 8 heteroatoms. The van der Waals surface area contributed by atoms with Crippen molar-refractivity contribution in [3.8, 4) is 0 Å². The van der Waals surface area contributed by atoms with Crippen LogP contribution in [0.25, 0.3) is 10.9 Å². The van der Waals surface area contributed by atoms with E-state index < -0.39 is 10.0 Å². The van der Waals surface area contributed by atoms with Crippen LogP contribution in [-0.4, -0.2) is 36.7 Å². The molecule has 1 aromatic heterocycles. The molecular weight excluding hydrogens is 442 g/mol. The number of carbonyl (C=O) groups is 1. The molecular formula is C20H20BrN3O3S. The van der Waals surface area contributed by atoms with Crippen molar-refractivity contribution in [3.05, 3.63) is 64.3 Å². The fraction of sp³-hybridized carbons (Fsp3) is 0.250. The molecule has 0 aliphatic carbocycles. The highest BCUT2D eigenvalue weighted by atomic mass is 79.9. The van der Waals surface area contributed by atoms with Gasteiger partial charge in [0.05, 0.1) is 9.37 Å². The summed E-state index contributed by atoms with van der Waals surface area (Å²) in [5.74, 6) is -0.225. The third-order valence-corrected chi connectivity index (χ3v) is 7.69. The Bertz CT molecular complexity index is 1120. The zero-order valence-electron chi connectivity index (χ0n) is 15.1. The minimum Gasteiger partial charge on any atom is -0.350 e.